The van der Waals surface area contributed by atoms with Crippen LogP contribution in [0.4, 0.5) is 0 Å². The van der Waals surface area contributed by atoms with Crippen LogP contribution in [0.15, 0.2) is 94.7 Å². The molecule has 0 spiro atoms. The van der Waals surface area contributed by atoms with Gasteiger partial charge in [0.25, 0.3) is 10.1 Å². The summed E-state index contributed by atoms with van der Waals surface area (Å²) in [6.45, 7) is 4.38. The predicted octanol–water partition coefficient (Wildman–Crippen LogP) is 10.9. The van der Waals surface area contributed by atoms with E-state index < -0.39 is 41.5 Å². The number of aromatic hydroxyl groups is 1. The molecular formula is C44H58CaO10S2. The average molecular weight is 851 g/mol. The molecule has 0 radical (unpaired) electrons. The van der Waals surface area contributed by atoms with Gasteiger partial charge in [0.15, 0.2) is 0 Å². The molecule has 0 bridgehead atoms. The smallest absolute Gasteiger partial charge is 0.871 e. The minimum absolute atomic E-state index is 0. The van der Waals surface area contributed by atoms with E-state index in [1.165, 1.54) is 64.2 Å². The standard InChI is InChI=1S/2C22H30O5S.Ca/c2*1-2-3-4-5-6-7-8-10-13-18-16-20(27-19-14-11-9-12-15-19)17-21(22(18)23)28(24,25)26;/h2*9,11-12,14-17,23H,2-8,10,13H2,1H3,(H,24,25,26);/q;;+2/p-2. The maximum atomic E-state index is 12.4. The molecule has 0 fully saturated rings. The predicted molar refractivity (Wildman–Crippen MR) is 223 cm³/mol. The number of hydrogen-bond donors (Lipinski definition) is 2. The SMILES string of the molecule is CCCCCCCCCCc1cc(Oc2ccccc2)cc(S(=O)(=O)O)c1O.CCCCCCCCCCc1cc(Oc2ccccc2)cc(S(=O)(=O)[O-])c1[O-].[Ca+2]. The van der Waals surface area contributed by atoms with Crippen LogP contribution in [0.25, 0.3) is 0 Å². The molecule has 13 heteroatoms. The van der Waals surface area contributed by atoms with Gasteiger partial charge in [-0.15, -0.1) is 0 Å². The van der Waals surface area contributed by atoms with Crippen LogP contribution in [0.2, 0.25) is 0 Å². The van der Waals surface area contributed by atoms with Crippen molar-refractivity contribution < 1.29 is 45.6 Å². The van der Waals surface area contributed by atoms with Gasteiger partial charge in [-0.3, -0.25) is 4.55 Å². The first-order chi connectivity index (χ1) is 26.8. The van der Waals surface area contributed by atoms with Crippen LogP contribution in [-0.4, -0.2) is 68.8 Å². The summed E-state index contributed by atoms with van der Waals surface area (Å²) < 4.78 is 78.6. The summed E-state index contributed by atoms with van der Waals surface area (Å²) in [5.41, 5.74) is 0.779. The normalized spacial score (nSPS) is 11.3. The summed E-state index contributed by atoms with van der Waals surface area (Å²) in [6.07, 6.45) is 19.1. The number of para-hydroxylation sites is 2. The molecule has 0 unspecified atom stereocenters. The number of rotatable bonds is 24. The van der Waals surface area contributed by atoms with Gasteiger partial charge < -0.3 is 24.2 Å². The van der Waals surface area contributed by atoms with E-state index in [4.69, 9.17) is 9.47 Å². The monoisotopic (exact) mass is 850 g/mol. The van der Waals surface area contributed by atoms with Gasteiger partial charge in [0.05, 0.1) is 4.90 Å². The molecule has 0 heterocycles. The van der Waals surface area contributed by atoms with Crippen molar-refractivity contribution in [2.24, 2.45) is 0 Å². The van der Waals surface area contributed by atoms with Crippen molar-refractivity contribution in [1.82, 2.24) is 0 Å². The summed E-state index contributed by atoms with van der Waals surface area (Å²) in [6, 6.07) is 23.1. The molecule has 4 rings (SSSR count). The summed E-state index contributed by atoms with van der Waals surface area (Å²) >= 11 is 0. The number of aryl methyl sites for hydroxylation is 2. The van der Waals surface area contributed by atoms with Gasteiger partial charge in [-0.1, -0.05) is 151 Å². The van der Waals surface area contributed by atoms with Crippen LogP contribution in [0.1, 0.15) is 128 Å². The van der Waals surface area contributed by atoms with Crippen molar-refractivity contribution in [2.45, 2.75) is 139 Å². The fraction of sp³-hybridized carbons (Fsp3) is 0.455. The third kappa shape index (κ3) is 19.2. The average Bonchev–Trinajstić information content (AvgIpc) is 3.16. The summed E-state index contributed by atoms with van der Waals surface area (Å²) in [5.74, 6) is 0.408. The van der Waals surface area contributed by atoms with Crippen LogP contribution in [-0.2, 0) is 33.1 Å². The van der Waals surface area contributed by atoms with Gasteiger partial charge >= 0.3 is 37.7 Å². The zero-order chi connectivity index (χ0) is 40.8. The third-order valence-electron chi connectivity index (χ3n) is 9.34. The van der Waals surface area contributed by atoms with E-state index in [0.29, 0.717) is 35.5 Å². The van der Waals surface area contributed by atoms with E-state index in [1.54, 1.807) is 60.7 Å². The minimum Gasteiger partial charge on any atom is -0.871 e. The molecule has 0 saturated carbocycles. The Bertz CT molecular complexity index is 1810. The second-order valence-corrected chi connectivity index (χ2v) is 16.8. The van der Waals surface area contributed by atoms with Crippen LogP contribution in [0.3, 0.4) is 0 Å². The molecule has 4 aromatic carbocycles. The molecule has 0 aromatic heterocycles. The van der Waals surface area contributed by atoms with Crippen LogP contribution in [0, 0.1) is 0 Å². The van der Waals surface area contributed by atoms with Gasteiger partial charge in [-0.05, 0) is 73.7 Å². The first-order valence-electron chi connectivity index (χ1n) is 19.9. The number of ether oxygens (including phenoxy) is 2. The molecule has 0 aliphatic rings. The quantitative estimate of drug-likeness (QED) is 0.0392. The first-order valence-corrected chi connectivity index (χ1v) is 22.8. The van der Waals surface area contributed by atoms with Crippen LogP contribution >= 0.6 is 0 Å². The van der Waals surface area contributed by atoms with Gasteiger partial charge in [0.2, 0.25) is 0 Å². The van der Waals surface area contributed by atoms with Crippen molar-refractivity contribution in [3.8, 4) is 34.5 Å². The van der Waals surface area contributed by atoms with Crippen LogP contribution in [0.5, 0.6) is 34.5 Å². The molecule has 57 heavy (non-hydrogen) atoms. The first kappa shape index (κ1) is 50.3. The number of unbranched alkanes of at least 4 members (excludes halogenated alkanes) is 14. The maximum absolute atomic E-state index is 12.4. The van der Waals surface area contributed by atoms with E-state index in [1.807, 2.05) is 12.1 Å². The molecule has 0 aliphatic heterocycles. The fourth-order valence-corrected chi connectivity index (χ4v) is 7.55. The number of phenolic OH excluding ortho intramolecular Hbond substituents is 1. The van der Waals surface area contributed by atoms with Gasteiger partial charge in [-0.2, -0.15) is 8.42 Å². The van der Waals surface area contributed by atoms with Crippen molar-refractivity contribution in [3.63, 3.8) is 0 Å². The van der Waals surface area contributed by atoms with E-state index >= 15 is 0 Å². The minimum atomic E-state index is -4.86. The Labute approximate surface area is 370 Å². The van der Waals surface area contributed by atoms with Crippen molar-refractivity contribution in [1.29, 1.82) is 0 Å². The van der Waals surface area contributed by atoms with Crippen molar-refractivity contribution in [2.75, 3.05) is 0 Å². The summed E-state index contributed by atoms with van der Waals surface area (Å²) in [4.78, 5) is -1.26. The van der Waals surface area contributed by atoms with E-state index in [2.05, 4.69) is 13.8 Å². The Morgan fingerprint density at radius 3 is 1.30 bits per heavy atom. The topological polar surface area (TPSA) is 173 Å². The number of hydrogen-bond acceptors (Lipinski definition) is 9. The molecule has 0 saturated heterocycles. The second kappa shape index (κ2) is 27.0. The molecule has 0 aliphatic carbocycles. The Morgan fingerprint density at radius 2 is 0.895 bits per heavy atom. The number of benzene rings is 4. The third-order valence-corrected chi connectivity index (χ3v) is 11.0. The molecule has 0 atom stereocenters. The number of phenols is 1. The molecule has 2 N–H and O–H groups in total. The van der Waals surface area contributed by atoms with E-state index in [0.717, 1.165) is 50.7 Å². The van der Waals surface area contributed by atoms with Crippen LogP contribution < -0.4 is 14.6 Å². The Kier molecular flexibility index (Phi) is 23.8. The van der Waals surface area contributed by atoms with Gasteiger partial charge in [0, 0.05) is 6.07 Å². The zero-order valence-electron chi connectivity index (χ0n) is 33.5. The van der Waals surface area contributed by atoms with Gasteiger partial charge in [-0.25, -0.2) is 8.42 Å². The van der Waals surface area contributed by atoms with E-state index in [9.17, 15) is 36.2 Å². The summed E-state index contributed by atoms with van der Waals surface area (Å²) in [7, 11) is -9.41. The molecule has 10 nitrogen and oxygen atoms in total. The largest absolute Gasteiger partial charge is 2.00 e. The molecule has 308 valence electrons. The van der Waals surface area contributed by atoms with Crippen molar-refractivity contribution in [3.05, 3.63) is 96.1 Å². The second-order valence-electron chi connectivity index (χ2n) is 14.0. The Balaban J connectivity index is 0.000000387. The summed E-state index contributed by atoms with van der Waals surface area (Å²) in [5, 5.41) is 22.7. The molecule has 4 aromatic rings. The van der Waals surface area contributed by atoms with E-state index in [-0.39, 0.29) is 49.2 Å². The molecular weight excluding hydrogens is 793 g/mol. The zero-order valence-corrected chi connectivity index (χ0v) is 37.3. The molecule has 0 amide bonds. The van der Waals surface area contributed by atoms with Gasteiger partial charge in [0.1, 0.15) is 43.8 Å². The fourth-order valence-electron chi connectivity index (χ4n) is 6.29. The Morgan fingerprint density at radius 1 is 0.526 bits per heavy atom. The van der Waals surface area contributed by atoms with Crippen molar-refractivity contribution >= 4 is 58.0 Å². The maximum Gasteiger partial charge on any atom is 2.00 e. The Hall–Kier alpha value is -2.84.